The van der Waals surface area contributed by atoms with E-state index in [9.17, 15) is 9.59 Å². The second kappa shape index (κ2) is 9.34. The first-order valence-corrected chi connectivity index (χ1v) is 10.2. The Labute approximate surface area is 179 Å². The van der Waals surface area contributed by atoms with E-state index in [2.05, 4.69) is 5.32 Å². The van der Waals surface area contributed by atoms with E-state index in [4.69, 9.17) is 13.6 Å². The Morgan fingerprint density at radius 3 is 2.68 bits per heavy atom. The summed E-state index contributed by atoms with van der Waals surface area (Å²) in [6.45, 7) is 1.82. The number of carbonyl (C=O) groups excluding carboxylic acids is 1. The van der Waals surface area contributed by atoms with Crippen LogP contribution in [-0.2, 0) is 11.2 Å². The van der Waals surface area contributed by atoms with Crippen LogP contribution in [0.3, 0.4) is 0 Å². The summed E-state index contributed by atoms with van der Waals surface area (Å²) in [5, 5.41) is 3.37. The molecule has 31 heavy (non-hydrogen) atoms. The zero-order valence-electron chi connectivity index (χ0n) is 17.2. The van der Waals surface area contributed by atoms with Crippen molar-refractivity contribution >= 4 is 16.9 Å². The van der Waals surface area contributed by atoms with Crippen LogP contribution in [0.15, 0.2) is 86.8 Å². The summed E-state index contributed by atoms with van der Waals surface area (Å²) in [5.74, 6) is 1.14. The summed E-state index contributed by atoms with van der Waals surface area (Å²) in [7, 11) is 0. The standard InChI is InChI=1S/C25H23NO5/c1-17(9-10-19-8-5-13-29-19)26-24(27)16-30-20-11-12-21-23(14-20)31-15-22(25(21)28)18-6-3-2-4-7-18/h2-8,11-15,17H,9-10,16H2,1H3,(H,26,27)/t17-/m1/s1. The molecule has 0 saturated heterocycles. The van der Waals surface area contributed by atoms with Crippen molar-refractivity contribution in [3.63, 3.8) is 0 Å². The van der Waals surface area contributed by atoms with Gasteiger partial charge in [-0.3, -0.25) is 9.59 Å². The maximum atomic E-state index is 12.8. The average Bonchev–Trinajstić information content (AvgIpc) is 3.31. The molecular weight excluding hydrogens is 394 g/mol. The van der Waals surface area contributed by atoms with Gasteiger partial charge in [0.05, 0.1) is 17.2 Å². The van der Waals surface area contributed by atoms with Gasteiger partial charge in [0.1, 0.15) is 23.4 Å². The lowest BCUT2D eigenvalue weighted by molar-refractivity contribution is -0.123. The van der Waals surface area contributed by atoms with Gasteiger partial charge in [-0.2, -0.15) is 0 Å². The van der Waals surface area contributed by atoms with Gasteiger partial charge < -0.3 is 18.9 Å². The highest BCUT2D eigenvalue weighted by molar-refractivity contribution is 5.83. The quantitative estimate of drug-likeness (QED) is 0.454. The first-order chi connectivity index (χ1) is 15.1. The predicted molar refractivity (Wildman–Crippen MR) is 118 cm³/mol. The minimum absolute atomic E-state index is 0.00719. The predicted octanol–water partition coefficient (Wildman–Crippen LogP) is 4.57. The van der Waals surface area contributed by atoms with E-state index >= 15 is 0 Å². The van der Waals surface area contributed by atoms with Crippen molar-refractivity contribution < 1.29 is 18.4 Å². The van der Waals surface area contributed by atoms with Gasteiger partial charge in [-0.05, 0) is 43.2 Å². The van der Waals surface area contributed by atoms with Crippen molar-refractivity contribution in [1.29, 1.82) is 0 Å². The molecule has 0 unspecified atom stereocenters. The van der Waals surface area contributed by atoms with Gasteiger partial charge in [0, 0.05) is 18.5 Å². The van der Waals surface area contributed by atoms with Crippen LogP contribution in [0, 0.1) is 0 Å². The largest absolute Gasteiger partial charge is 0.484 e. The number of carbonyl (C=O) groups is 1. The van der Waals surface area contributed by atoms with Crippen LogP contribution in [0.25, 0.3) is 22.1 Å². The molecule has 0 bridgehead atoms. The number of amides is 1. The van der Waals surface area contributed by atoms with Crippen LogP contribution in [0.5, 0.6) is 5.75 Å². The van der Waals surface area contributed by atoms with Gasteiger partial charge in [-0.15, -0.1) is 0 Å². The fourth-order valence-corrected chi connectivity index (χ4v) is 3.37. The molecule has 0 radical (unpaired) electrons. The fraction of sp³-hybridized carbons (Fsp3) is 0.200. The second-order valence-corrected chi connectivity index (χ2v) is 7.38. The molecule has 0 aliphatic heterocycles. The number of aryl methyl sites for hydroxylation is 1. The maximum Gasteiger partial charge on any atom is 0.258 e. The molecule has 2 heterocycles. The molecule has 158 valence electrons. The first kappa shape index (κ1) is 20.5. The highest BCUT2D eigenvalue weighted by Crippen LogP contribution is 2.23. The molecule has 0 aliphatic rings. The Kier molecular flexibility index (Phi) is 6.17. The molecule has 2 aromatic carbocycles. The van der Waals surface area contributed by atoms with Crippen molar-refractivity contribution in [2.45, 2.75) is 25.8 Å². The SMILES string of the molecule is C[C@H](CCc1ccco1)NC(=O)COc1ccc2c(=O)c(-c3ccccc3)coc2c1. The van der Waals surface area contributed by atoms with E-state index < -0.39 is 0 Å². The van der Waals surface area contributed by atoms with E-state index in [0.29, 0.717) is 22.3 Å². The van der Waals surface area contributed by atoms with Gasteiger partial charge in [0.25, 0.3) is 5.91 Å². The number of ether oxygens (including phenoxy) is 1. The van der Waals surface area contributed by atoms with E-state index in [0.717, 1.165) is 24.2 Å². The molecule has 0 spiro atoms. The number of fused-ring (bicyclic) bond motifs is 1. The van der Waals surface area contributed by atoms with E-state index in [1.807, 2.05) is 49.4 Å². The first-order valence-electron chi connectivity index (χ1n) is 10.2. The zero-order chi connectivity index (χ0) is 21.6. The summed E-state index contributed by atoms with van der Waals surface area (Å²) in [6.07, 6.45) is 4.62. The summed E-state index contributed by atoms with van der Waals surface area (Å²) in [5.41, 5.74) is 1.61. The molecule has 2 aromatic heterocycles. The van der Waals surface area contributed by atoms with E-state index in [1.165, 1.54) is 6.26 Å². The lowest BCUT2D eigenvalue weighted by atomic mass is 10.1. The molecule has 4 aromatic rings. The number of hydrogen-bond donors (Lipinski definition) is 1. The monoisotopic (exact) mass is 417 g/mol. The topological polar surface area (TPSA) is 81.7 Å². The fourth-order valence-electron chi connectivity index (χ4n) is 3.37. The third kappa shape index (κ3) is 5.04. The van der Waals surface area contributed by atoms with Gasteiger partial charge >= 0.3 is 0 Å². The lowest BCUT2D eigenvalue weighted by Crippen LogP contribution is -2.36. The van der Waals surface area contributed by atoms with Crippen molar-refractivity contribution in [3.05, 3.63) is 89.2 Å². The molecule has 4 rings (SSSR count). The molecule has 1 atom stereocenters. The van der Waals surface area contributed by atoms with Crippen molar-refractivity contribution in [3.8, 4) is 16.9 Å². The summed E-state index contributed by atoms with van der Waals surface area (Å²) in [4.78, 5) is 25.0. The molecule has 1 amide bonds. The Morgan fingerprint density at radius 2 is 1.90 bits per heavy atom. The van der Waals surface area contributed by atoms with Gasteiger partial charge in [-0.25, -0.2) is 0 Å². The van der Waals surface area contributed by atoms with Crippen molar-refractivity contribution in [2.75, 3.05) is 6.61 Å². The Hall–Kier alpha value is -3.80. The van der Waals surface area contributed by atoms with Crippen molar-refractivity contribution in [2.24, 2.45) is 0 Å². The summed E-state index contributed by atoms with van der Waals surface area (Å²) >= 11 is 0. The number of benzene rings is 2. The molecule has 0 saturated carbocycles. The van der Waals surface area contributed by atoms with E-state index in [-0.39, 0.29) is 24.0 Å². The number of rotatable bonds is 8. The Bertz CT molecular complexity index is 1210. The molecule has 6 nitrogen and oxygen atoms in total. The third-order valence-electron chi connectivity index (χ3n) is 5.01. The third-order valence-corrected chi connectivity index (χ3v) is 5.01. The molecule has 0 aliphatic carbocycles. The van der Waals surface area contributed by atoms with Gasteiger partial charge in [0.15, 0.2) is 12.0 Å². The summed E-state index contributed by atoms with van der Waals surface area (Å²) < 4.78 is 16.6. The van der Waals surface area contributed by atoms with E-state index in [1.54, 1.807) is 24.5 Å². The Morgan fingerprint density at radius 1 is 1.06 bits per heavy atom. The lowest BCUT2D eigenvalue weighted by Gasteiger charge is -2.14. The minimum Gasteiger partial charge on any atom is -0.484 e. The maximum absolute atomic E-state index is 12.8. The highest BCUT2D eigenvalue weighted by Gasteiger charge is 2.12. The van der Waals surface area contributed by atoms with Crippen LogP contribution in [0.1, 0.15) is 19.1 Å². The average molecular weight is 417 g/mol. The summed E-state index contributed by atoms with van der Waals surface area (Å²) in [6, 6.07) is 18.1. The normalized spacial score (nSPS) is 11.9. The molecule has 6 heteroatoms. The molecular formula is C25H23NO5. The molecule has 1 N–H and O–H groups in total. The van der Waals surface area contributed by atoms with Crippen LogP contribution in [-0.4, -0.2) is 18.6 Å². The second-order valence-electron chi connectivity index (χ2n) is 7.38. The van der Waals surface area contributed by atoms with Crippen LogP contribution < -0.4 is 15.5 Å². The molecule has 0 fully saturated rings. The minimum atomic E-state index is -0.215. The van der Waals surface area contributed by atoms with Crippen LogP contribution in [0.4, 0.5) is 0 Å². The zero-order valence-corrected chi connectivity index (χ0v) is 17.2. The smallest absolute Gasteiger partial charge is 0.258 e. The number of nitrogens with one attached hydrogen (secondary N) is 1. The van der Waals surface area contributed by atoms with Gasteiger partial charge in [-0.1, -0.05) is 30.3 Å². The number of furan rings is 1. The van der Waals surface area contributed by atoms with Crippen molar-refractivity contribution in [1.82, 2.24) is 5.32 Å². The van der Waals surface area contributed by atoms with Gasteiger partial charge in [0.2, 0.25) is 0 Å². The Balaban J connectivity index is 1.36. The van der Waals surface area contributed by atoms with Crippen LogP contribution in [0.2, 0.25) is 0 Å². The number of hydrogen-bond acceptors (Lipinski definition) is 5. The van der Waals surface area contributed by atoms with Crippen LogP contribution >= 0.6 is 0 Å². The highest BCUT2D eigenvalue weighted by atomic mass is 16.5.